The van der Waals surface area contributed by atoms with Crippen LogP contribution in [0, 0.1) is 0 Å². The average molecular weight is 312 g/mol. The number of alkyl halides is 3. The molecule has 22 heavy (non-hydrogen) atoms. The quantitative estimate of drug-likeness (QED) is 0.900. The Morgan fingerprint density at radius 3 is 2.50 bits per heavy atom. The van der Waals surface area contributed by atoms with Crippen LogP contribution < -0.4 is 16.0 Å². The Hall–Kier alpha value is -2.58. The van der Waals surface area contributed by atoms with E-state index in [0.717, 1.165) is 6.07 Å². The first-order chi connectivity index (χ1) is 10.3. The SMILES string of the molecule is CN(C)c1cc(C(F)(F)F)nc(NCc2cccc(N)n2)n1. The molecule has 0 aliphatic carbocycles. The van der Waals surface area contributed by atoms with E-state index < -0.39 is 11.9 Å². The second-order valence-electron chi connectivity index (χ2n) is 4.73. The lowest BCUT2D eigenvalue weighted by Gasteiger charge is -2.15. The molecule has 9 heteroatoms. The predicted molar refractivity (Wildman–Crippen MR) is 77.3 cm³/mol. The summed E-state index contributed by atoms with van der Waals surface area (Å²) in [6.07, 6.45) is -4.54. The molecule has 0 aliphatic heterocycles. The van der Waals surface area contributed by atoms with Gasteiger partial charge in [-0.15, -0.1) is 0 Å². The molecular formula is C13H15F3N6. The average Bonchev–Trinajstić information content (AvgIpc) is 2.44. The zero-order valence-corrected chi connectivity index (χ0v) is 12.0. The number of aromatic nitrogens is 3. The largest absolute Gasteiger partial charge is 0.433 e. The highest BCUT2D eigenvalue weighted by Gasteiger charge is 2.34. The van der Waals surface area contributed by atoms with Crippen LogP contribution in [-0.2, 0) is 12.7 Å². The number of nitrogen functional groups attached to an aromatic ring is 1. The van der Waals surface area contributed by atoms with Gasteiger partial charge in [-0.3, -0.25) is 0 Å². The molecule has 2 aromatic rings. The molecule has 6 nitrogen and oxygen atoms in total. The highest BCUT2D eigenvalue weighted by atomic mass is 19.4. The van der Waals surface area contributed by atoms with Crippen molar-refractivity contribution in [3.8, 4) is 0 Å². The van der Waals surface area contributed by atoms with E-state index in [1.54, 1.807) is 32.3 Å². The van der Waals surface area contributed by atoms with Gasteiger partial charge < -0.3 is 16.0 Å². The fourth-order valence-corrected chi connectivity index (χ4v) is 1.65. The number of anilines is 3. The number of rotatable bonds is 4. The standard InChI is InChI=1S/C13H15F3N6/c1-22(2)11-6-9(13(14,15)16)20-12(21-11)18-7-8-4-3-5-10(17)19-8/h3-6H,7H2,1-2H3,(H2,17,19)(H,18,20,21). The van der Waals surface area contributed by atoms with Crippen LogP contribution in [0.4, 0.5) is 30.8 Å². The Kier molecular flexibility index (Phi) is 4.34. The Morgan fingerprint density at radius 1 is 1.18 bits per heavy atom. The lowest BCUT2D eigenvalue weighted by atomic mass is 10.3. The van der Waals surface area contributed by atoms with Crippen molar-refractivity contribution in [3.05, 3.63) is 35.7 Å². The number of halogens is 3. The maximum absolute atomic E-state index is 12.9. The van der Waals surface area contributed by atoms with E-state index in [1.165, 1.54) is 4.90 Å². The molecule has 0 amide bonds. The highest BCUT2D eigenvalue weighted by Crippen LogP contribution is 2.30. The van der Waals surface area contributed by atoms with Crippen LogP contribution in [0.25, 0.3) is 0 Å². The van der Waals surface area contributed by atoms with Crippen LogP contribution in [0.5, 0.6) is 0 Å². The van der Waals surface area contributed by atoms with Crippen LogP contribution in [0.15, 0.2) is 24.3 Å². The molecular weight excluding hydrogens is 297 g/mol. The van der Waals surface area contributed by atoms with Gasteiger partial charge in [0.2, 0.25) is 5.95 Å². The first-order valence-electron chi connectivity index (χ1n) is 6.34. The van der Waals surface area contributed by atoms with Crippen molar-refractivity contribution < 1.29 is 13.2 Å². The summed E-state index contributed by atoms with van der Waals surface area (Å²) in [5.41, 5.74) is 5.12. The summed E-state index contributed by atoms with van der Waals surface area (Å²) in [5, 5.41) is 2.73. The smallest absolute Gasteiger partial charge is 0.384 e. The van der Waals surface area contributed by atoms with Gasteiger partial charge in [0.25, 0.3) is 0 Å². The number of nitrogens with zero attached hydrogens (tertiary/aromatic N) is 4. The molecule has 2 aromatic heterocycles. The van der Waals surface area contributed by atoms with Gasteiger partial charge in [-0.1, -0.05) is 6.07 Å². The van der Waals surface area contributed by atoms with Crippen molar-refractivity contribution in [2.24, 2.45) is 0 Å². The van der Waals surface area contributed by atoms with Crippen LogP contribution in [-0.4, -0.2) is 29.0 Å². The minimum Gasteiger partial charge on any atom is -0.384 e. The maximum Gasteiger partial charge on any atom is 0.433 e. The lowest BCUT2D eigenvalue weighted by Crippen LogP contribution is -2.17. The first-order valence-corrected chi connectivity index (χ1v) is 6.34. The molecule has 0 saturated heterocycles. The summed E-state index contributed by atoms with van der Waals surface area (Å²) in [6, 6.07) is 5.92. The molecule has 2 rings (SSSR count). The van der Waals surface area contributed by atoms with E-state index >= 15 is 0 Å². The lowest BCUT2D eigenvalue weighted by molar-refractivity contribution is -0.141. The van der Waals surface area contributed by atoms with Crippen LogP contribution in [0.2, 0.25) is 0 Å². The van der Waals surface area contributed by atoms with E-state index in [4.69, 9.17) is 5.73 Å². The van der Waals surface area contributed by atoms with Gasteiger partial charge in [-0.25, -0.2) is 9.97 Å². The number of hydrogen-bond donors (Lipinski definition) is 2. The fourth-order valence-electron chi connectivity index (χ4n) is 1.65. The molecule has 0 radical (unpaired) electrons. The second-order valence-corrected chi connectivity index (χ2v) is 4.73. The van der Waals surface area contributed by atoms with Crippen LogP contribution in [0.3, 0.4) is 0 Å². The van der Waals surface area contributed by atoms with Crippen LogP contribution >= 0.6 is 0 Å². The monoisotopic (exact) mass is 312 g/mol. The summed E-state index contributed by atoms with van der Waals surface area (Å²) < 4.78 is 38.6. The van der Waals surface area contributed by atoms with Gasteiger partial charge in [-0.2, -0.15) is 18.2 Å². The predicted octanol–water partition coefficient (Wildman–Crippen LogP) is 2.15. The molecule has 0 bridgehead atoms. The van der Waals surface area contributed by atoms with E-state index in [2.05, 4.69) is 20.3 Å². The Labute approximate surface area is 125 Å². The van der Waals surface area contributed by atoms with Gasteiger partial charge in [0.1, 0.15) is 11.6 Å². The second kappa shape index (κ2) is 6.04. The van der Waals surface area contributed by atoms with Crippen molar-refractivity contribution in [1.82, 2.24) is 15.0 Å². The third-order valence-electron chi connectivity index (χ3n) is 2.72. The van der Waals surface area contributed by atoms with Crippen molar-refractivity contribution in [2.45, 2.75) is 12.7 Å². The number of pyridine rings is 1. The summed E-state index contributed by atoms with van der Waals surface area (Å²) >= 11 is 0. The molecule has 2 heterocycles. The van der Waals surface area contributed by atoms with Gasteiger partial charge in [0.15, 0.2) is 5.69 Å². The minimum atomic E-state index is -4.54. The molecule has 0 spiro atoms. The minimum absolute atomic E-state index is 0.122. The summed E-state index contributed by atoms with van der Waals surface area (Å²) in [7, 11) is 3.21. The molecule has 0 saturated carbocycles. The number of nitrogens with one attached hydrogen (secondary N) is 1. The zero-order valence-electron chi connectivity index (χ0n) is 12.0. The third-order valence-corrected chi connectivity index (χ3v) is 2.72. The fraction of sp³-hybridized carbons (Fsp3) is 0.308. The number of hydrogen-bond acceptors (Lipinski definition) is 6. The van der Waals surface area contributed by atoms with Crippen LogP contribution in [0.1, 0.15) is 11.4 Å². The van der Waals surface area contributed by atoms with E-state index in [0.29, 0.717) is 11.5 Å². The van der Waals surface area contributed by atoms with E-state index in [-0.39, 0.29) is 18.3 Å². The Morgan fingerprint density at radius 2 is 1.91 bits per heavy atom. The van der Waals surface area contributed by atoms with Gasteiger partial charge in [0.05, 0.1) is 12.2 Å². The third kappa shape index (κ3) is 3.96. The molecule has 0 fully saturated rings. The van der Waals surface area contributed by atoms with Gasteiger partial charge in [-0.05, 0) is 12.1 Å². The molecule has 0 unspecified atom stereocenters. The number of nitrogens with two attached hydrogens (primary N) is 1. The molecule has 118 valence electrons. The normalized spacial score (nSPS) is 11.3. The zero-order chi connectivity index (χ0) is 16.3. The van der Waals surface area contributed by atoms with Crippen molar-refractivity contribution in [2.75, 3.05) is 30.0 Å². The van der Waals surface area contributed by atoms with E-state index in [1.807, 2.05) is 0 Å². The van der Waals surface area contributed by atoms with E-state index in [9.17, 15) is 13.2 Å². The van der Waals surface area contributed by atoms with Crippen molar-refractivity contribution >= 4 is 17.6 Å². The molecule has 0 aliphatic rings. The highest BCUT2D eigenvalue weighted by molar-refractivity contribution is 5.44. The van der Waals surface area contributed by atoms with Gasteiger partial charge >= 0.3 is 6.18 Å². The Bertz CT molecular complexity index is 656. The van der Waals surface area contributed by atoms with Crippen molar-refractivity contribution in [3.63, 3.8) is 0 Å². The maximum atomic E-state index is 12.9. The summed E-state index contributed by atoms with van der Waals surface area (Å²) in [6.45, 7) is 0.166. The Balaban J connectivity index is 2.24. The molecule has 0 atom stereocenters. The molecule has 3 N–H and O–H groups in total. The first kappa shape index (κ1) is 15.8. The van der Waals surface area contributed by atoms with Crippen molar-refractivity contribution in [1.29, 1.82) is 0 Å². The summed E-state index contributed by atoms with van der Waals surface area (Å²) in [5.74, 6) is 0.367. The topological polar surface area (TPSA) is 80.0 Å². The molecule has 0 aromatic carbocycles. The summed E-state index contributed by atoms with van der Waals surface area (Å²) in [4.78, 5) is 13.0. The van der Waals surface area contributed by atoms with Gasteiger partial charge in [0, 0.05) is 20.2 Å².